The van der Waals surface area contributed by atoms with Crippen molar-refractivity contribution in [1.82, 2.24) is 19.8 Å². The summed E-state index contributed by atoms with van der Waals surface area (Å²) in [6, 6.07) is 16.7. The highest BCUT2D eigenvalue weighted by molar-refractivity contribution is 7.98. The van der Waals surface area contributed by atoms with E-state index in [9.17, 15) is 9.59 Å². The number of amides is 3. The molecule has 2 aromatic carbocycles. The summed E-state index contributed by atoms with van der Waals surface area (Å²) in [5.41, 5.74) is 2.29. The molecule has 1 atom stereocenters. The molecule has 0 aliphatic carbocycles. The molecule has 1 aliphatic rings. The topological polar surface area (TPSA) is 79.3 Å². The van der Waals surface area contributed by atoms with Gasteiger partial charge in [0.05, 0.1) is 0 Å². The molecule has 4 rings (SSSR count). The van der Waals surface area contributed by atoms with Gasteiger partial charge in [0.1, 0.15) is 0 Å². The molecule has 0 radical (unpaired) electrons. The molecular weight excluding hydrogens is 422 g/mol. The lowest BCUT2D eigenvalue weighted by molar-refractivity contribution is 0.0615. The predicted molar refractivity (Wildman–Crippen MR) is 127 cm³/mol. The monoisotopic (exact) mass is 449 g/mol. The highest BCUT2D eigenvalue weighted by atomic mass is 32.2. The summed E-state index contributed by atoms with van der Waals surface area (Å²) in [5.74, 6) is -0.00682. The Morgan fingerprint density at radius 1 is 1.12 bits per heavy atom. The first-order valence-electron chi connectivity index (χ1n) is 10.7. The minimum Gasteiger partial charge on any atom is -0.336 e. The van der Waals surface area contributed by atoms with E-state index in [1.807, 2.05) is 76.5 Å². The molecule has 166 valence electrons. The maximum absolute atomic E-state index is 13.4. The van der Waals surface area contributed by atoms with Crippen molar-refractivity contribution in [1.29, 1.82) is 0 Å². The number of hydrogen-bond donors (Lipinski definition) is 2. The zero-order valence-corrected chi connectivity index (χ0v) is 18.8. The number of aromatic nitrogens is 2. The van der Waals surface area contributed by atoms with Gasteiger partial charge in [-0.3, -0.25) is 9.36 Å². The number of para-hydroxylation sites is 1. The van der Waals surface area contributed by atoms with Gasteiger partial charge < -0.3 is 15.5 Å². The van der Waals surface area contributed by atoms with Crippen LogP contribution in [0.2, 0.25) is 0 Å². The number of rotatable bonds is 6. The lowest BCUT2D eigenvalue weighted by atomic mass is 10.0. The lowest BCUT2D eigenvalue weighted by Gasteiger charge is -2.36. The van der Waals surface area contributed by atoms with Crippen molar-refractivity contribution in [2.75, 3.05) is 24.7 Å². The van der Waals surface area contributed by atoms with Crippen molar-refractivity contribution in [2.45, 2.75) is 30.5 Å². The SMILES string of the molecule is CSc1nccn1-c1cccc(C(=O)N2CCCCC2CNC(=O)Nc2ccccc2)c1. The molecule has 0 spiro atoms. The summed E-state index contributed by atoms with van der Waals surface area (Å²) in [6.45, 7) is 1.11. The molecule has 1 aliphatic heterocycles. The zero-order valence-electron chi connectivity index (χ0n) is 18.0. The number of carbonyl (C=O) groups excluding carboxylic acids is 2. The summed E-state index contributed by atoms with van der Waals surface area (Å²) in [5, 5.41) is 6.63. The molecule has 1 saturated heterocycles. The largest absolute Gasteiger partial charge is 0.336 e. The van der Waals surface area contributed by atoms with Crippen molar-refractivity contribution in [3.8, 4) is 5.69 Å². The fourth-order valence-corrected chi connectivity index (χ4v) is 4.51. The van der Waals surface area contributed by atoms with E-state index in [4.69, 9.17) is 0 Å². The second kappa shape index (κ2) is 10.4. The summed E-state index contributed by atoms with van der Waals surface area (Å²) in [7, 11) is 0. The second-order valence-electron chi connectivity index (χ2n) is 7.68. The van der Waals surface area contributed by atoms with E-state index < -0.39 is 0 Å². The normalized spacial score (nSPS) is 15.9. The Kier molecular flexibility index (Phi) is 7.11. The van der Waals surface area contributed by atoms with Crippen LogP contribution in [-0.4, -0.2) is 51.8 Å². The summed E-state index contributed by atoms with van der Waals surface area (Å²) in [4.78, 5) is 31.9. The molecule has 2 heterocycles. The van der Waals surface area contributed by atoms with Gasteiger partial charge in [0, 0.05) is 48.5 Å². The summed E-state index contributed by atoms with van der Waals surface area (Å²) < 4.78 is 1.98. The van der Waals surface area contributed by atoms with E-state index in [1.165, 1.54) is 0 Å². The highest BCUT2D eigenvalue weighted by Gasteiger charge is 2.28. The van der Waals surface area contributed by atoms with Crippen LogP contribution < -0.4 is 10.6 Å². The van der Waals surface area contributed by atoms with Crippen molar-refractivity contribution >= 4 is 29.4 Å². The third kappa shape index (κ3) is 5.13. The van der Waals surface area contributed by atoms with Crippen molar-refractivity contribution in [3.05, 3.63) is 72.6 Å². The minimum absolute atomic E-state index is 0.00682. The van der Waals surface area contributed by atoms with E-state index in [2.05, 4.69) is 15.6 Å². The molecule has 32 heavy (non-hydrogen) atoms. The van der Waals surface area contributed by atoms with Crippen LogP contribution in [-0.2, 0) is 0 Å². The van der Waals surface area contributed by atoms with E-state index in [0.717, 1.165) is 35.8 Å². The van der Waals surface area contributed by atoms with E-state index in [1.54, 1.807) is 18.0 Å². The van der Waals surface area contributed by atoms with Gasteiger partial charge in [-0.1, -0.05) is 36.0 Å². The van der Waals surface area contributed by atoms with Gasteiger partial charge >= 0.3 is 6.03 Å². The number of anilines is 1. The number of thioether (sulfide) groups is 1. The number of carbonyl (C=O) groups is 2. The first-order valence-corrected chi connectivity index (χ1v) is 12.0. The smallest absolute Gasteiger partial charge is 0.319 e. The van der Waals surface area contributed by atoms with Crippen LogP contribution in [0.4, 0.5) is 10.5 Å². The summed E-state index contributed by atoms with van der Waals surface area (Å²) in [6.07, 6.45) is 8.52. The van der Waals surface area contributed by atoms with Gasteiger partial charge in [0.2, 0.25) is 0 Å². The molecule has 1 unspecified atom stereocenters. The average Bonchev–Trinajstić information content (AvgIpc) is 3.32. The Balaban J connectivity index is 1.44. The van der Waals surface area contributed by atoms with Gasteiger partial charge in [0.25, 0.3) is 5.91 Å². The summed E-state index contributed by atoms with van der Waals surface area (Å²) >= 11 is 1.56. The molecule has 1 fully saturated rings. The second-order valence-corrected chi connectivity index (χ2v) is 8.46. The Morgan fingerprint density at radius 3 is 2.78 bits per heavy atom. The standard InChI is InChI=1S/C24H27N5O2S/c1-32-24-25-13-15-29(24)20-12-7-8-18(16-20)22(30)28-14-6-5-11-21(28)17-26-23(31)27-19-9-3-2-4-10-19/h2-4,7-10,12-13,15-16,21H,5-6,11,14,17H2,1H3,(H2,26,27,31). The molecule has 0 bridgehead atoms. The van der Waals surface area contributed by atoms with Gasteiger partial charge in [-0.25, -0.2) is 9.78 Å². The molecule has 3 aromatic rings. The molecule has 0 saturated carbocycles. The lowest BCUT2D eigenvalue weighted by Crippen LogP contribution is -2.50. The molecule has 8 heteroatoms. The van der Waals surface area contributed by atoms with Gasteiger partial charge in [-0.15, -0.1) is 0 Å². The minimum atomic E-state index is -0.263. The maximum atomic E-state index is 13.4. The van der Waals surface area contributed by atoms with Crippen LogP contribution >= 0.6 is 11.8 Å². The third-order valence-corrected chi connectivity index (χ3v) is 6.25. The number of likely N-dealkylation sites (tertiary alicyclic amines) is 1. The van der Waals surface area contributed by atoms with Crippen LogP contribution in [0.5, 0.6) is 0 Å². The first kappa shape index (κ1) is 22.0. The van der Waals surface area contributed by atoms with Crippen LogP contribution in [0.3, 0.4) is 0 Å². The van der Waals surface area contributed by atoms with E-state index in [0.29, 0.717) is 18.7 Å². The predicted octanol–water partition coefficient (Wildman–Crippen LogP) is 4.41. The van der Waals surface area contributed by atoms with Crippen LogP contribution in [0, 0.1) is 0 Å². The fourth-order valence-electron chi connectivity index (χ4n) is 3.98. The fraction of sp³-hybridized carbons (Fsp3) is 0.292. The maximum Gasteiger partial charge on any atom is 0.319 e. The van der Waals surface area contributed by atoms with Crippen molar-refractivity contribution < 1.29 is 9.59 Å². The van der Waals surface area contributed by atoms with Gasteiger partial charge in [-0.05, 0) is 55.9 Å². The molecular formula is C24H27N5O2S. The first-order chi connectivity index (χ1) is 15.7. The molecule has 3 amide bonds. The van der Waals surface area contributed by atoms with Crippen LogP contribution in [0.1, 0.15) is 29.6 Å². The number of hydrogen-bond acceptors (Lipinski definition) is 4. The number of nitrogens with zero attached hydrogens (tertiary/aromatic N) is 3. The van der Waals surface area contributed by atoms with Crippen molar-refractivity contribution in [2.24, 2.45) is 0 Å². The molecule has 7 nitrogen and oxygen atoms in total. The average molecular weight is 450 g/mol. The van der Waals surface area contributed by atoms with Gasteiger partial charge in [0.15, 0.2) is 5.16 Å². The quantitative estimate of drug-likeness (QED) is 0.547. The number of piperidine rings is 1. The Labute approximate surface area is 192 Å². The third-order valence-electron chi connectivity index (χ3n) is 5.58. The molecule has 2 N–H and O–H groups in total. The van der Waals surface area contributed by atoms with E-state index in [-0.39, 0.29) is 18.0 Å². The van der Waals surface area contributed by atoms with Crippen molar-refractivity contribution in [3.63, 3.8) is 0 Å². The Morgan fingerprint density at radius 2 is 1.97 bits per heavy atom. The number of benzene rings is 2. The highest BCUT2D eigenvalue weighted by Crippen LogP contribution is 2.23. The number of imidazole rings is 1. The van der Waals surface area contributed by atoms with Gasteiger partial charge in [-0.2, -0.15) is 0 Å². The molecule has 1 aromatic heterocycles. The number of nitrogens with one attached hydrogen (secondary N) is 2. The number of urea groups is 1. The Bertz CT molecular complexity index is 1070. The van der Waals surface area contributed by atoms with Crippen LogP contribution in [0.15, 0.2) is 72.1 Å². The van der Waals surface area contributed by atoms with Crippen LogP contribution in [0.25, 0.3) is 5.69 Å². The van der Waals surface area contributed by atoms with E-state index >= 15 is 0 Å². The zero-order chi connectivity index (χ0) is 22.3. The Hall–Kier alpha value is -3.26.